The van der Waals surface area contributed by atoms with E-state index in [9.17, 15) is 35.0 Å². The van der Waals surface area contributed by atoms with Crippen LogP contribution in [-0.2, 0) is 137 Å². The summed E-state index contributed by atoms with van der Waals surface area (Å²) in [6, 6.07) is 2.35. The average molecular weight is 1690 g/mol. The van der Waals surface area contributed by atoms with Gasteiger partial charge in [0, 0.05) is 94.2 Å². The zero-order chi connectivity index (χ0) is 83.0. The van der Waals surface area contributed by atoms with Crippen LogP contribution in [0, 0.1) is 29.9 Å². The molecule has 11 aliphatic heterocycles. The number of benzene rings is 2. The van der Waals surface area contributed by atoms with Gasteiger partial charge in [-0.25, -0.2) is 9.59 Å². The van der Waals surface area contributed by atoms with Crippen LogP contribution in [-0.4, -0.2) is 337 Å². The van der Waals surface area contributed by atoms with E-state index in [2.05, 4.69) is 0 Å². The molecule has 0 saturated carbocycles. The van der Waals surface area contributed by atoms with Crippen LogP contribution >= 0.6 is 23.2 Å². The fourth-order valence-corrected chi connectivity index (χ4v) is 19.2. The molecule has 0 amide bonds. The molecule has 0 bridgehead atoms. The van der Waals surface area contributed by atoms with Crippen molar-refractivity contribution >= 4 is 35.1 Å². The van der Waals surface area contributed by atoms with Crippen molar-refractivity contribution in [3.8, 4) is 23.0 Å². The van der Waals surface area contributed by atoms with Gasteiger partial charge in [0.1, 0.15) is 125 Å². The lowest BCUT2D eigenvalue weighted by molar-refractivity contribution is -0.595. The number of phenolic OH excluding ortho intramolecular Hbond substituents is 3. The van der Waals surface area contributed by atoms with E-state index in [0.29, 0.717) is 0 Å². The Morgan fingerprint density at radius 2 is 1.23 bits per heavy atom. The number of esters is 2. The van der Waals surface area contributed by atoms with E-state index < -0.39 is 241 Å². The lowest BCUT2D eigenvalue weighted by atomic mass is 9.81. The number of nitrogens with zero attached hydrogens (tertiary/aromatic N) is 1. The third-order valence-electron chi connectivity index (χ3n) is 24.1. The highest BCUT2D eigenvalue weighted by atomic mass is 35.5. The molecule has 648 valence electrons. The largest absolute Gasteiger partial charge is 0.508 e. The number of hydrogen-bond donors (Lipinski definition) is 3. The maximum atomic E-state index is 14.5. The predicted octanol–water partition coefficient (Wildman–Crippen LogP) is 4.81. The molecule has 11 saturated heterocycles. The molecule has 3 N–H and O–H groups in total. The molecule has 2 aromatic carbocycles. The zero-order valence-electron chi connectivity index (χ0n) is 67.4. The van der Waals surface area contributed by atoms with E-state index in [4.69, 9.17) is 165 Å². The first-order valence-corrected chi connectivity index (χ1v) is 38.9. The molecule has 40 heteroatoms. The van der Waals surface area contributed by atoms with Crippen molar-refractivity contribution < 1.29 is 172 Å². The maximum Gasteiger partial charge on any atom is 0.342 e. The van der Waals surface area contributed by atoms with Crippen molar-refractivity contribution in [2.75, 3.05) is 97.7 Å². The molecule has 38 nitrogen and oxygen atoms in total. The number of nitro groups is 1. The number of ether oxygens (including phenoxy) is 30. The maximum absolute atomic E-state index is 14.5. The molecule has 0 unspecified atom stereocenters. The molecule has 11 fully saturated rings. The van der Waals surface area contributed by atoms with Gasteiger partial charge < -0.3 is 157 Å². The van der Waals surface area contributed by atoms with Crippen LogP contribution in [0.5, 0.6) is 23.0 Å². The molecule has 115 heavy (non-hydrogen) atoms. The highest BCUT2D eigenvalue weighted by Crippen LogP contribution is 2.55. The molecule has 11 heterocycles. The molecule has 0 aliphatic carbocycles. The van der Waals surface area contributed by atoms with Gasteiger partial charge in [0.25, 0.3) is 11.5 Å². The minimum absolute atomic E-state index is 0.00227. The van der Waals surface area contributed by atoms with Gasteiger partial charge in [-0.05, 0) is 72.6 Å². The van der Waals surface area contributed by atoms with Crippen LogP contribution in [0.3, 0.4) is 0 Å². The predicted molar refractivity (Wildman–Crippen MR) is 385 cm³/mol. The molecule has 2 aromatic rings. The number of fused-ring (bicyclic) bond motifs is 4. The van der Waals surface area contributed by atoms with Gasteiger partial charge in [0.15, 0.2) is 67.4 Å². The summed E-state index contributed by atoms with van der Waals surface area (Å²) in [6.45, 7) is 14.4. The van der Waals surface area contributed by atoms with Gasteiger partial charge in [0.2, 0.25) is 0 Å². The van der Waals surface area contributed by atoms with Gasteiger partial charge >= 0.3 is 17.9 Å². The van der Waals surface area contributed by atoms with Crippen LogP contribution in [0.4, 0.5) is 0 Å². The summed E-state index contributed by atoms with van der Waals surface area (Å²) >= 11 is 13.0. The highest BCUT2D eigenvalue weighted by molar-refractivity contribution is 6.39. The summed E-state index contributed by atoms with van der Waals surface area (Å²) in [5, 5.41) is 43.5. The van der Waals surface area contributed by atoms with Gasteiger partial charge in [-0.3, -0.25) is 10.1 Å². The minimum Gasteiger partial charge on any atom is -0.508 e. The summed E-state index contributed by atoms with van der Waals surface area (Å²) in [7, 11) is 14.5. The standard InChI is InChI=1S/C75H107Cl2NO37/c1-29-20-36(79)21-37(80)45(29)66(82)105-42-27-99-75(64-55(42)97-28-98-64)112-43-26-96-68(59(91-15)54(43)113-75)110-70-60(92-16)57(90-14)53(41(106-70)25-86-10)108-69-61(93-17)58(52(88-12)33(5)102-69)109-71-65(95-19)73(9)63(35(7)103-71)114-74(115-73)23-40(87-11)47(31(3)111-74)38-22-39(104-44-24-72(8,78(84)85)62(94-18)34(6)101-44)51(32(4)100-38)107-67(83)46-30(2)48(76)50(81)49(77)56(46)89-13/h20-21,31-35,38-44,47,51-55,57-65,68-71,79-81H,22-28H2,1-19H3/t31-,32-,33-,34+,35-,38-,39-,40-,41-,42-,43+,44+,47+,51-,52+,53-,54-,55+,57+,58+,59-,60+,61-,62+,63-,64-,65-,68+,69+,70+,71+,72-,73+,74-,75-/m1/s1. The topological polar surface area (TPSA) is 415 Å². The van der Waals surface area contributed by atoms with Crippen LogP contribution in [0.15, 0.2) is 12.1 Å². The lowest BCUT2D eigenvalue weighted by Crippen LogP contribution is -2.68. The Balaban J connectivity index is 0.686. The fourth-order valence-electron chi connectivity index (χ4n) is 18.7. The Morgan fingerprint density at radius 1 is 0.565 bits per heavy atom. The van der Waals surface area contributed by atoms with E-state index in [1.807, 2.05) is 20.8 Å². The first-order valence-electron chi connectivity index (χ1n) is 38.1. The first-order chi connectivity index (χ1) is 54.8. The second-order valence-corrected chi connectivity index (χ2v) is 31.8. The van der Waals surface area contributed by atoms with Gasteiger partial charge in [-0.1, -0.05) is 23.2 Å². The quantitative estimate of drug-likeness (QED) is 0.0682. The number of phenols is 3. The zero-order valence-corrected chi connectivity index (χ0v) is 68.9. The van der Waals surface area contributed by atoms with E-state index >= 15 is 0 Å². The number of carbonyl (C=O) groups is 2. The number of carbonyl (C=O) groups excluding carboxylic acids is 2. The van der Waals surface area contributed by atoms with Crippen molar-refractivity contribution in [2.24, 2.45) is 5.92 Å². The van der Waals surface area contributed by atoms with E-state index in [1.54, 1.807) is 27.7 Å². The summed E-state index contributed by atoms with van der Waals surface area (Å²) in [4.78, 5) is 40.4. The van der Waals surface area contributed by atoms with Crippen LogP contribution in [0.2, 0.25) is 10.0 Å². The monoisotopic (exact) mass is 1680 g/mol. The average Bonchev–Trinajstić information content (AvgIpc) is 1.57. The summed E-state index contributed by atoms with van der Waals surface area (Å²) in [5.41, 5.74) is -2.98. The van der Waals surface area contributed by atoms with E-state index in [-0.39, 0.29) is 89.7 Å². The van der Waals surface area contributed by atoms with Crippen molar-refractivity contribution in [2.45, 2.75) is 289 Å². The second kappa shape index (κ2) is 35.5. The summed E-state index contributed by atoms with van der Waals surface area (Å²) < 4.78 is 192. The molecule has 13 rings (SSSR count). The molecule has 0 radical (unpaired) electrons. The third-order valence-corrected chi connectivity index (χ3v) is 24.9. The lowest BCUT2D eigenvalue weighted by Gasteiger charge is -2.52. The van der Waals surface area contributed by atoms with E-state index in [0.717, 1.165) is 6.07 Å². The van der Waals surface area contributed by atoms with Crippen molar-refractivity contribution in [1.29, 1.82) is 0 Å². The van der Waals surface area contributed by atoms with Crippen molar-refractivity contribution in [3.63, 3.8) is 0 Å². The minimum atomic E-state index is -1.89. The molecule has 11 aliphatic rings. The fraction of sp³-hybridized carbons (Fsp3) is 0.813. The normalized spacial score (nSPS) is 44.5. The van der Waals surface area contributed by atoms with Crippen molar-refractivity contribution in [3.05, 3.63) is 54.5 Å². The van der Waals surface area contributed by atoms with Crippen LogP contribution in [0.25, 0.3) is 0 Å². The van der Waals surface area contributed by atoms with Gasteiger partial charge in [-0.2, -0.15) is 0 Å². The van der Waals surface area contributed by atoms with Gasteiger partial charge in [-0.15, -0.1) is 0 Å². The Labute approximate surface area is 674 Å². The molecular weight excluding hydrogens is 1580 g/mol. The summed E-state index contributed by atoms with van der Waals surface area (Å²) in [5.74, 6) is -7.53. The number of rotatable bonds is 25. The van der Waals surface area contributed by atoms with Crippen LogP contribution < -0.4 is 4.74 Å². The summed E-state index contributed by atoms with van der Waals surface area (Å²) in [6.07, 6.45) is -30.0. The van der Waals surface area contributed by atoms with Gasteiger partial charge in [0.05, 0.1) is 87.5 Å². The third kappa shape index (κ3) is 16.2. The Morgan fingerprint density at radius 3 is 1.88 bits per heavy atom. The molecule has 35 atom stereocenters. The smallest absolute Gasteiger partial charge is 0.342 e. The number of hydrogen-bond acceptors (Lipinski definition) is 37. The molecule has 0 aromatic heterocycles. The Kier molecular flexibility index (Phi) is 27.3. The molecule has 2 spiro atoms. The number of halogens is 2. The second-order valence-electron chi connectivity index (χ2n) is 31.0. The van der Waals surface area contributed by atoms with E-state index in [1.165, 1.54) is 91.0 Å². The van der Waals surface area contributed by atoms with Crippen LogP contribution in [0.1, 0.15) is 99.6 Å². The number of methoxy groups -OCH3 is 10. The highest BCUT2D eigenvalue weighted by Gasteiger charge is 2.71. The molecular formula is C75H107Cl2NO37. The SMILES string of the molecule is COC[C@H]1O[C@@H](O[C@@H]2OC[C@@H]3O[C@@]4(OC[C@@H](OC(=O)c5c(C)cc(O)cc5O)[C@@H]5OCO[C@H]54)O[C@H]3[C@H]2OC)[C@@H](OC)[C@@H](OC)[C@@H]1O[C@@H]1O[C@H](C)[C@H](OC)[C@H](O[C@@H]2O[C@H](C)[C@H]3O[C@]4(C[C@@H](OC)[C@H]([C@H]5C[C@@H](O[C@H]6C[C@@](C)([N+](=O)[O-])[C@@H](OC)[C@H](C)O6)[C@H](OC(=O)c6c(C)c(Cl)c(O)c(Cl)c6OC)[C@@H](C)O5)[C@@H](C)O4)O[C@]3(C)[C@@H]2OC)[C@H]1OC. The number of aromatic hydroxyl groups is 3. The Bertz CT molecular complexity index is 3720. The number of aryl methyl sites for hydroxylation is 1. The first kappa shape index (κ1) is 88.3. The van der Waals surface area contributed by atoms with Crippen molar-refractivity contribution in [1.82, 2.24) is 0 Å². The Hall–Kier alpha value is -4.52.